The lowest BCUT2D eigenvalue weighted by molar-refractivity contribution is -0.153. The van der Waals surface area contributed by atoms with Crippen LogP contribution in [0.4, 0.5) is 0 Å². The molecule has 170 valence electrons. The minimum Gasteiger partial charge on any atom is -0.493 e. The van der Waals surface area contributed by atoms with Gasteiger partial charge in [0.2, 0.25) is 5.91 Å². The predicted octanol–water partition coefficient (Wildman–Crippen LogP) is 3.32. The maximum Gasteiger partial charge on any atom is 0.308 e. The molecule has 0 unspecified atom stereocenters. The lowest BCUT2D eigenvalue weighted by Crippen LogP contribution is -2.58. The first kappa shape index (κ1) is 23.1. The van der Waals surface area contributed by atoms with Crippen LogP contribution in [0.2, 0.25) is 0 Å². The molecule has 0 aromatic heterocycles. The van der Waals surface area contributed by atoms with Gasteiger partial charge in [-0.2, -0.15) is 0 Å². The highest BCUT2D eigenvalue weighted by molar-refractivity contribution is 6.01. The number of nitrogens with zero attached hydrogens (tertiary/aromatic N) is 1. The van der Waals surface area contributed by atoms with E-state index in [1.165, 1.54) is 11.3 Å². The standard InChI is InChI=1S/C24H34N2O5/c1-17(2)12-15-30-21-11-7-6-10-19(21)24(29)26-14-13-25-23(28)20(26)16-22(27)31-18-8-4-3-5-9-18/h6-7,10-11,17-18,20H,3-5,8-9,12-16H2,1-2H3,(H,25,28)/t20-/m1/s1. The minimum absolute atomic E-state index is 0.0767. The number of ether oxygens (including phenoxy) is 2. The van der Waals surface area contributed by atoms with Crippen LogP contribution >= 0.6 is 0 Å². The number of hydrogen-bond acceptors (Lipinski definition) is 5. The molecule has 1 heterocycles. The number of amides is 2. The van der Waals surface area contributed by atoms with Crippen molar-refractivity contribution in [3.05, 3.63) is 29.8 Å². The molecular weight excluding hydrogens is 396 g/mol. The van der Waals surface area contributed by atoms with E-state index in [0.29, 0.717) is 36.9 Å². The first-order chi connectivity index (χ1) is 15.0. The monoisotopic (exact) mass is 430 g/mol. The molecular formula is C24H34N2O5. The summed E-state index contributed by atoms with van der Waals surface area (Å²) in [4.78, 5) is 39.9. The third-order valence-electron chi connectivity index (χ3n) is 5.87. The summed E-state index contributed by atoms with van der Waals surface area (Å²) in [6.07, 6.45) is 5.68. The minimum atomic E-state index is -0.874. The average Bonchev–Trinajstić information content (AvgIpc) is 2.75. The second-order valence-corrected chi connectivity index (χ2v) is 8.79. The Balaban J connectivity index is 1.69. The molecule has 0 bridgehead atoms. The Morgan fingerprint density at radius 2 is 1.90 bits per heavy atom. The molecule has 0 spiro atoms. The van der Waals surface area contributed by atoms with E-state index in [1.807, 2.05) is 6.07 Å². The molecule has 2 fully saturated rings. The van der Waals surface area contributed by atoms with Gasteiger partial charge >= 0.3 is 5.97 Å². The van der Waals surface area contributed by atoms with Crippen LogP contribution in [-0.4, -0.2) is 54.5 Å². The van der Waals surface area contributed by atoms with Crippen molar-refractivity contribution in [3.8, 4) is 5.75 Å². The highest BCUT2D eigenvalue weighted by Gasteiger charge is 2.37. The fourth-order valence-electron chi connectivity index (χ4n) is 4.06. The lowest BCUT2D eigenvalue weighted by atomic mass is 9.98. The summed E-state index contributed by atoms with van der Waals surface area (Å²) < 4.78 is 11.5. The molecule has 1 aromatic carbocycles. The second-order valence-electron chi connectivity index (χ2n) is 8.79. The van der Waals surface area contributed by atoms with Crippen molar-refractivity contribution in [1.82, 2.24) is 10.2 Å². The van der Waals surface area contributed by atoms with E-state index in [9.17, 15) is 14.4 Å². The van der Waals surface area contributed by atoms with Crippen molar-refractivity contribution in [2.45, 2.75) is 70.9 Å². The summed E-state index contributed by atoms with van der Waals surface area (Å²) in [7, 11) is 0. The van der Waals surface area contributed by atoms with Crippen LogP contribution in [0.1, 0.15) is 69.2 Å². The van der Waals surface area contributed by atoms with Gasteiger partial charge in [0.25, 0.3) is 5.91 Å². The molecule has 31 heavy (non-hydrogen) atoms. The number of carbonyl (C=O) groups excluding carboxylic acids is 3. The van der Waals surface area contributed by atoms with Crippen LogP contribution in [0.25, 0.3) is 0 Å². The van der Waals surface area contributed by atoms with Crippen molar-refractivity contribution < 1.29 is 23.9 Å². The smallest absolute Gasteiger partial charge is 0.308 e. The van der Waals surface area contributed by atoms with E-state index in [0.717, 1.165) is 32.1 Å². The normalized spacial score (nSPS) is 19.8. The van der Waals surface area contributed by atoms with Crippen molar-refractivity contribution >= 4 is 17.8 Å². The highest BCUT2D eigenvalue weighted by atomic mass is 16.5. The van der Waals surface area contributed by atoms with Crippen LogP contribution in [-0.2, 0) is 14.3 Å². The molecule has 2 aliphatic rings. The van der Waals surface area contributed by atoms with Crippen LogP contribution < -0.4 is 10.1 Å². The molecule has 7 nitrogen and oxygen atoms in total. The van der Waals surface area contributed by atoms with Gasteiger partial charge in [0.15, 0.2) is 0 Å². The first-order valence-corrected chi connectivity index (χ1v) is 11.5. The summed E-state index contributed by atoms with van der Waals surface area (Å²) in [6, 6.07) is 6.20. The van der Waals surface area contributed by atoms with Crippen LogP contribution in [0.5, 0.6) is 5.75 Å². The number of rotatable bonds is 8. The number of esters is 1. The Labute approximate surface area is 184 Å². The number of carbonyl (C=O) groups is 3. The zero-order valence-corrected chi connectivity index (χ0v) is 18.6. The van der Waals surface area contributed by atoms with Gasteiger partial charge in [-0.3, -0.25) is 14.4 Å². The molecule has 1 aliphatic heterocycles. The van der Waals surface area contributed by atoms with Crippen LogP contribution in [0.3, 0.4) is 0 Å². The Morgan fingerprint density at radius 3 is 2.65 bits per heavy atom. The quantitative estimate of drug-likeness (QED) is 0.640. The summed E-state index contributed by atoms with van der Waals surface area (Å²) in [6.45, 7) is 5.44. The van der Waals surface area contributed by atoms with Crippen molar-refractivity contribution in [1.29, 1.82) is 0 Å². The van der Waals surface area contributed by atoms with E-state index in [4.69, 9.17) is 9.47 Å². The molecule has 0 radical (unpaired) electrons. The Hall–Kier alpha value is -2.57. The van der Waals surface area contributed by atoms with E-state index >= 15 is 0 Å². The zero-order valence-electron chi connectivity index (χ0n) is 18.6. The van der Waals surface area contributed by atoms with E-state index in [1.54, 1.807) is 18.2 Å². The van der Waals surface area contributed by atoms with Crippen LogP contribution in [0.15, 0.2) is 24.3 Å². The number of nitrogens with one attached hydrogen (secondary N) is 1. The maximum absolute atomic E-state index is 13.4. The molecule has 2 amide bonds. The summed E-state index contributed by atoms with van der Waals surface area (Å²) in [5, 5.41) is 2.77. The topological polar surface area (TPSA) is 84.9 Å². The predicted molar refractivity (Wildman–Crippen MR) is 117 cm³/mol. The molecule has 7 heteroatoms. The van der Waals surface area contributed by atoms with Gasteiger partial charge in [0, 0.05) is 13.1 Å². The molecule has 3 rings (SSSR count). The third kappa shape index (κ3) is 6.45. The Bertz CT molecular complexity index is 773. The average molecular weight is 431 g/mol. The van der Waals surface area contributed by atoms with Gasteiger partial charge in [0.1, 0.15) is 17.9 Å². The first-order valence-electron chi connectivity index (χ1n) is 11.5. The highest BCUT2D eigenvalue weighted by Crippen LogP contribution is 2.24. The number of benzene rings is 1. The number of hydrogen-bond donors (Lipinski definition) is 1. The lowest BCUT2D eigenvalue weighted by Gasteiger charge is -2.35. The molecule has 1 N–H and O–H groups in total. The van der Waals surface area contributed by atoms with Gasteiger partial charge in [0.05, 0.1) is 18.6 Å². The summed E-state index contributed by atoms with van der Waals surface area (Å²) >= 11 is 0. The Kier molecular flexibility index (Phi) is 8.32. The second kappa shape index (κ2) is 11.2. The number of piperazine rings is 1. The van der Waals surface area contributed by atoms with Crippen molar-refractivity contribution in [2.75, 3.05) is 19.7 Å². The molecule has 1 aromatic rings. The summed E-state index contributed by atoms with van der Waals surface area (Å²) in [5.74, 6) is -0.0482. The van der Waals surface area contributed by atoms with Gasteiger partial charge in [-0.25, -0.2) is 0 Å². The fraction of sp³-hybridized carbons (Fsp3) is 0.625. The van der Waals surface area contributed by atoms with Crippen LogP contribution in [0, 0.1) is 5.92 Å². The van der Waals surface area contributed by atoms with Crippen molar-refractivity contribution in [3.63, 3.8) is 0 Å². The summed E-state index contributed by atoms with van der Waals surface area (Å²) in [5.41, 5.74) is 0.409. The zero-order chi connectivity index (χ0) is 22.2. The fourth-order valence-corrected chi connectivity index (χ4v) is 4.06. The van der Waals surface area contributed by atoms with Gasteiger partial charge in [-0.15, -0.1) is 0 Å². The van der Waals surface area contributed by atoms with E-state index in [-0.39, 0.29) is 24.3 Å². The molecule has 1 atom stereocenters. The van der Waals surface area contributed by atoms with Gasteiger partial charge in [-0.05, 0) is 50.2 Å². The maximum atomic E-state index is 13.4. The van der Waals surface area contributed by atoms with Gasteiger partial charge in [-0.1, -0.05) is 32.4 Å². The SMILES string of the molecule is CC(C)CCOc1ccccc1C(=O)N1CCNC(=O)[C@H]1CC(=O)OC1CCCCC1. The molecule has 1 aliphatic carbocycles. The molecule has 1 saturated heterocycles. The Morgan fingerprint density at radius 1 is 1.16 bits per heavy atom. The van der Waals surface area contributed by atoms with E-state index < -0.39 is 12.0 Å². The molecule has 1 saturated carbocycles. The third-order valence-corrected chi connectivity index (χ3v) is 5.87. The largest absolute Gasteiger partial charge is 0.493 e. The number of para-hydroxylation sites is 1. The van der Waals surface area contributed by atoms with E-state index in [2.05, 4.69) is 19.2 Å². The van der Waals surface area contributed by atoms with Crippen molar-refractivity contribution in [2.24, 2.45) is 5.92 Å². The van der Waals surface area contributed by atoms with Gasteiger partial charge < -0.3 is 19.7 Å².